The van der Waals surface area contributed by atoms with Gasteiger partial charge in [-0.25, -0.2) is 0 Å². The average Bonchev–Trinajstić information content (AvgIpc) is 2.83. The summed E-state index contributed by atoms with van der Waals surface area (Å²) in [5.41, 5.74) is 0.00198. The number of ether oxygens (including phenoxy) is 1. The molecule has 0 saturated heterocycles. The molecule has 0 radical (unpaired) electrons. The van der Waals surface area contributed by atoms with Crippen molar-refractivity contribution >= 4 is 17.5 Å². The number of nitrogens with zero attached hydrogens (tertiary/aromatic N) is 1. The highest BCUT2D eigenvalue weighted by atomic mass is 16.5. The number of rotatable bonds is 3. The van der Waals surface area contributed by atoms with E-state index < -0.39 is 10.8 Å². The van der Waals surface area contributed by atoms with E-state index in [4.69, 9.17) is 4.74 Å². The van der Waals surface area contributed by atoms with E-state index in [2.05, 4.69) is 40.7 Å². The molecule has 0 amide bonds. The monoisotopic (exact) mass is 533 g/mol. The molecule has 5 nitrogen and oxygen atoms in total. The van der Waals surface area contributed by atoms with Gasteiger partial charge in [-0.1, -0.05) is 60.1 Å². The van der Waals surface area contributed by atoms with Crippen molar-refractivity contribution in [3.05, 3.63) is 23.3 Å². The number of nitriles is 1. The van der Waals surface area contributed by atoms with E-state index in [1.807, 2.05) is 26.0 Å². The Hall–Kier alpha value is -2.22. The molecule has 0 heterocycles. The van der Waals surface area contributed by atoms with Crippen molar-refractivity contribution in [3.8, 4) is 6.07 Å². The highest BCUT2D eigenvalue weighted by Gasteiger charge is 2.69. The van der Waals surface area contributed by atoms with Crippen molar-refractivity contribution in [1.82, 2.24) is 0 Å². The SMILES string of the molecule is CC(=O)OCC[C@]12CCC(C)(C)CC1C1C(=O)C=C3[C@@]4(C)C=C(C#N)C(=O)C(C)(C)[C@@H]4CC[C@@]3(C)[C@]1(C)CC2. The molecule has 5 heteroatoms. The van der Waals surface area contributed by atoms with Crippen molar-refractivity contribution in [2.45, 2.75) is 107 Å². The van der Waals surface area contributed by atoms with Gasteiger partial charge in [0.2, 0.25) is 0 Å². The first-order valence-corrected chi connectivity index (χ1v) is 15.1. The van der Waals surface area contributed by atoms with Gasteiger partial charge in [0.1, 0.15) is 6.07 Å². The van der Waals surface area contributed by atoms with Crippen molar-refractivity contribution in [1.29, 1.82) is 5.26 Å². The van der Waals surface area contributed by atoms with E-state index in [-0.39, 0.29) is 62.5 Å². The number of Topliss-reactive ketones (excluding diaryl/α,β-unsaturated/α-hetero) is 1. The first-order chi connectivity index (χ1) is 18.0. The molecule has 0 bridgehead atoms. The first kappa shape index (κ1) is 28.3. The molecule has 0 aliphatic heterocycles. The van der Waals surface area contributed by atoms with Crippen LogP contribution < -0.4 is 0 Å². The fourth-order valence-electron chi connectivity index (χ4n) is 10.6. The normalized spacial score (nSPS) is 43.9. The Morgan fingerprint density at radius 1 is 1.03 bits per heavy atom. The molecule has 5 aliphatic rings. The lowest BCUT2D eigenvalue weighted by molar-refractivity contribution is -0.175. The van der Waals surface area contributed by atoms with Gasteiger partial charge in [-0.3, -0.25) is 14.4 Å². The zero-order chi connectivity index (χ0) is 28.8. The van der Waals surface area contributed by atoms with Crippen LogP contribution in [0.25, 0.3) is 0 Å². The van der Waals surface area contributed by atoms with Crippen LogP contribution >= 0.6 is 0 Å². The molecular formula is C34H47NO4. The van der Waals surface area contributed by atoms with Crippen molar-refractivity contribution < 1.29 is 19.1 Å². The van der Waals surface area contributed by atoms with Crippen LogP contribution in [-0.4, -0.2) is 24.1 Å². The number of fused-ring (bicyclic) bond motifs is 7. The second kappa shape index (κ2) is 8.64. The summed E-state index contributed by atoms with van der Waals surface area (Å²) in [5.74, 6) is 0.155. The van der Waals surface area contributed by atoms with Crippen LogP contribution in [0.3, 0.4) is 0 Å². The highest BCUT2D eigenvalue weighted by molar-refractivity contribution is 6.04. The molecule has 0 aromatic carbocycles. The second-order valence-electron chi connectivity index (χ2n) is 15.7. The second-order valence-corrected chi connectivity index (χ2v) is 15.7. The number of esters is 1. The molecule has 3 fully saturated rings. The Labute approximate surface area is 234 Å². The third-order valence-electron chi connectivity index (χ3n) is 12.9. The zero-order valence-electron chi connectivity index (χ0n) is 25.3. The minimum Gasteiger partial charge on any atom is -0.466 e. The maximum absolute atomic E-state index is 14.5. The molecule has 212 valence electrons. The van der Waals surface area contributed by atoms with E-state index in [0.29, 0.717) is 6.61 Å². The standard InChI is InChI=1S/C34H47NO4/c1-21(36)39-16-15-34-13-11-29(2,3)19-23(34)27-24(37)17-26-31(6)18-22(20-35)28(38)30(4,5)25(31)9-10-32(26,7)33(27,8)12-14-34/h17-18,23,25,27H,9-16,19H2,1-8H3/t23?,25-,27?,31-,32+,33+,34+/m0/s1. The van der Waals surface area contributed by atoms with E-state index in [0.717, 1.165) is 56.9 Å². The molecular weight excluding hydrogens is 486 g/mol. The van der Waals surface area contributed by atoms with Crippen molar-refractivity contribution in [3.63, 3.8) is 0 Å². The van der Waals surface area contributed by atoms with Crippen molar-refractivity contribution in [2.75, 3.05) is 6.61 Å². The van der Waals surface area contributed by atoms with E-state index in [1.54, 1.807) is 0 Å². The topological polar surface area (TPSA) is 84.2 Å². The lowest BCUT2D eigenvalue weighted by Crippen LogP contribution is -2.64. The molecule has 5 aliphatic carbocycles. The summed E-state index contributed by atoms with van der Waals surface area (Å²) in [4.78, 5) is 39.3. The van der Waals surface area contributed by atoms with Crippen LogP contribution in [0.1, 0.15) is 107 Å². The zero-order valence-corrected chi connectivity index (χ0v) is 25.3. The van der Waals surface area contributed by atoms with E-state index in [9.17, 15) is 19.6 Å². The molecule has 0 spiro atoms. The van der Waals surface area contributed by atoms with Gasteiger partial charge >= 0.3 is 5.97 Å². The van der Waals surface area contributed by atoms with E-state index >= 15 is 0 Å². The summed E-state index contributed by atoms with van der Waals surface area (Å²) < 4.78 is 5.46. The predicted molar refractivity (Wildman–Crippen MR) is 150 cm³/mol. The molecule has 0 aromatic rings. The fourth-order valence-corrected chi connectivity index (χ4v) is 10.6. The summed E-state index contributed by atoms with van der Waals surface area (Å²) in [6.45, 7) is 17.5. The highest BCUT2D eigenvalue weighted by Crippen LogP contribution is 2.74. The summed E-state index contributed by atoms with van der Waals surface area (Å²) in [5, 5.41) is 9.90. The summed E-state index contributed by atoms with van der Waals surface area (Å²) in [7, 11) is 0. The maximum atomic E-state index is 14.5. The number of allylic oxidation sites excluding steroid dienone is 4. The van der Waals surface area contributed by atoms with Crippen molar-refractivity contribution in [2.24, 2.45) is 50.2 Å². The average molecular weight is 534 g/mol. The number of hydrogen-bond donors (Lipinski definition) is 0. The number of ketones is 2. The lowest BCUT2D eigenvalue weighted by Gasteiger charge is -2.69. The smallest absolute Gasteiger partial charge is 0.302 e. The molecule has 7 atom stereocenters. The quantitative estimate of drug-likeness (QED) is 0.359. The number of carbonyl (C=O) groups excluding carboxylic acids is 3. The molecule has 0 N–H and O–H groups in total. The summed E-state index contributed by atoms with van der Waals surface area (Å²) in [6, 6.07) is 2.19. The van der Waals surface area contributed by atoms with Gasteiger partial charge in [0.15, 0.2) is 11.6 Å². The Kier molecular flexibility index (Phi) is 6.27. The first-order valence-electron chi connectivity index (χ1n) is 15.1. The Bertz CT molecular complexity index is 1230. The van der Waals surface area contributed by atoms with Crippen LogP contribution in [0.15, 0.2) is 23.3 Å². The van der Waals surface area contributed by atoms with Crippen LogP contribution in [0, 0.1) is 61.6 Å². The Balaban J connectivity index is 1.63. The minimum absolute atomic E-state index is 0.0146. The van der Waals surface area contributed by atoms with Crippen LogP contribution in [0.4, 0.5) is 0 Å². The van der Waals surface area contributed by atoms with Gasteiger partial charge in [0.05, 0.1) is 12.2 Å². The maximum Gasteiger partial charge on any atom is 0.302 e. The predicted octanol–water partition coefficient (Wildman–Crippen LogP) is 7.16. The molecule has 3 saturated carbocycles. The molecule has 0 aromatic heterocycles. The van der Waals surface area contributed by atoms with Gasteiger partial charge in [0, 0.05) is 23.7 Å². The van der Waals surface area contributed by atoms with Gasteiger partial charge in [-0.2, -0.15) is 5.26 Å². The molecule has 5 rings (SSSR count). The van der Waals surface area contributed by atoms with E-state index in [1.165, 1.54) is 6.92 Å². The van der Waals surface area contributed by atoms with Gasteiger partial charge in [-0.15, -0.1) is 0 Å². The fraction of sp³-hybridized carbons (Fsp3) is 0.765. The van der Waals surface area contributed by atoms with Gasteiger partial charge < -0.3 is 4.74 Å². The Morgan fingerprint density at radius 3 is 2.33 bits per heavy atom. The lowest BCUT2D eigenvalue weighted by atomic mass is 9.34. The summed E-state index contributed by atoms with van der Waals surface area (Å²) >= 11 is 0. The number of hydrogen-bond acceptors (Lipinski definition) is 5. The third kappa shape index (κ3) is 3.79. The van der Waals surface area contributed by atoms with Gasteiger partial charge in [0.25, 0.3) is 0 Å². The van der Waals surface area contributed by atoms with Gasteiger partial charge in [-0.05, 0) is 90.9 Å². The van der Waals surface area contributed by atoms with Crippen LogP contribution in [-0.2, 0) is 19.1 Å². The molecule has 39 heavy (non-hydrogen) atoms. The Morgan fingerprint density at radius 2 is 1.69 bits per heavy atom. The minimum atomic E-state index is -0.649. The number of carbonyl (C=O) groups is 3. The van der Waals surface area contributed by atoms with Crippen LogP contribution in [0.2, 0.25) is 0 Å². The molecule has 2 unspecified atom stereocenters. The van der Waals surface area contributed by atoms with Crippen LogP contribution in [0.5, 0.6) is 0 Å². The summed E-state index contributed by atoms with van der Waals surface area (Å²) in [6.07, 6.45) is 11.8. The third-order valence-corrected chi connectivity index (χ3v) is 12.9. The largest absolute Gasteiger partial charge is 0.466 e.